The summed E-state index contributed by atoms with van der Waals surface area (Å²) in [7, 11) is 0. The van der Waals surface area contributed by atoms with E-state index < -0.39 is 18.6 Å². The van der Waals surface area contributed by atoms with Crippen LogP contribution in [-0.2, 0) is 0 Å². The van der Waals surface area contributed by atoms with Crippen molar-refractivity contribution in [3.05, 3.63) is 29.3 Å². The van der Waals surface area contributed by atoms with Crippen LogP contribution in [0.3, 0.4) is 0 Å². The second kappa shape index (κ2) is 7.33. The fourth-order valence-electron chi connectivity index (χ4n) is 2.00. The number of carbonyl (C=O) groups excluding carboxylic acids is 1. The summed E-state index contributed by atoms with van der Waals surface area (Å²) in [6.07, 6.45) is -3.42. The number of aryl methyl sites for hydroxylation is 1. The number of nitrogens with one attached hydrogen (secondary N) is 1. The minimum Gasteiger partial charge on any atom is -0.385 e. The maximum Gasteiger partial charge on any atom is 0.406 e. The Morgan fingerprint density at radius 3 is 2.43 bits per heavy atom. The second-order valence-corrected chi connectivity index (χ2v) is 4.89. The van der Waals surface area contributed by atoms with E-state index in [-0.39, 0.29) is 6.54 Å². The molecule has 0 atom stereocenters. The van der Waals surface area contributed by atoms with Crippen LogP contribution in [0, 0.1) is 6.92 Å². The monoisotopic (exact) mass is 302 g/mol. The average Bonchev–Trinajstić information content (AvgIpc) is 2.41. The first-order chi connectivity index (χ1) is 9.78. The first kappa shape index (κ1) is 17.3. The Balaban J connectivity index is 2.90. The van der Waals surface area contributed by atoms with E-state index in [9.17, 15) is 18.0 Å². The topological polar surface area (TPSA) is 32.3 Å². The highest BCUT2D eigenvalue weighted by atomic mass is 19.4. The lowest BCUT2D eigenvalue weighted by Crippen LogP contribution is -2.39. The molecule has 0 unspecified atom stereocenters. The lowest BCUT2D eigenvalue weighted by Gasteiger charge is -2.23. The molecule has 0 bridgehead atoms. The molecule has 0 fully saturated rings. The fraction of sp³-hybridized carbons (Fsp3) is 0.533. The average molecular weight is 302 g/mol. The molecule has 0 saturated carbocycles. The number of benzene rings is 1. The minimum absolute atomic E-state index is 0.0214. The summed E-state index contributed by atoms with van der Waals surface area (Å²) in [4.78, 5) is 13.0. The van der Waals surface area contributed by atoms with Crippen molar-refractivity contribution in [2.75, 3.05) is 25.0 Å². The van der Waals surface area contributed by atoms with Crippen molar-refractivity contribution < 1.29 is 18.0 Å². The van der Waals surface area contributed by atoms with E-state index in [0.717, 1.165) is 23.6 Å². The molecule has 0 spiro atoms. The van der Waals surface area contributed by atoms with Gasteiger partial charge in [0.2, 0.25) is 0 Å². The number of carbonyl (C=O) groups is 1. The Labute approximate surface area is 123 Å². The van der Waals surface area contributed by atoms with Gasteiger partial charge in [0.25, 0.3) is 5.91 Å². The Morgan fingerprint density at radius 1 is 1.29 bits per heavy atom. The molecule has 6 heteroatoms. The van der Waals surface area contributed by atoms with Crippen LogP contribution in [0.25, 0.3) is 0 Å². The van der Waals surface area contributed by atoms with Crippen LogP contribution < -0.4 is 5.32 Å². The van der Waals surface area contributed by atoms with Crippen LogP contribution in [-0.4, -0.2) is 36.6 Å². The van der Waals surface area contributed by atoms with E-state index in [1.54, 1.807) is 25.1 Å². The van der Waals surface area contributed by atoms with Gasteiger partial charge in [0, 0.05) is 24.3 Å². The molecular weight excluding hydrogens is 281 g/mol. The predicted molar refractivity (Wildman–Crippen MR) is 77.6 cm³/mol. The highest BCUT2D eigenvalue weighted by Crippen LogP contribution is 2.21. The molecule has 0 heterocycles. The molecule has 0 aromatic heterocycles. The van der Waals surface area contributed by atoms with E-state index >= 15 is 0 Å². The van der Waals surface area contributed by atoms with Gasteiger partial charge in [-0.25, -0.2) is 0 Å². The Bertz CT molecular complexity index is 486. The molecule has 0 saturated heterocycles. The third kappa shape index (κ3) is 5.28. The summed E-state index contributed by atoms with van der Waals surface area (Å²) in [6, 6.07) is 5.08. The molecule has 1 aromatic carbocycles. The lowest BCUT2D eigenvalue weighted by molar-refractivity contribution is -0.140. The molecule has 21 heavy (non-hydrogen) atoms. The predicted octanol–water partition coefficient (Wildman–Crippen LogP) is 3.84. The quantitative estimate of drug-likeness (QED) is 0.866. The zero-order valence-electron chi connectivity index (χ0n) is 12.5. The van der Waals surface area contributed by atoms with Gasteiger partial charge >= 0.3 is 6.18 Å². The van der Waals surface area contributed by atoms with Crippen LogP contribution in [0.4, 0.5) is 18.9 Å². The highest BCUT2D eigenvalue weighted by Gasteiger charge is 2.32. The number of hydrogen-bond acceptors (Lipinski definition) is 2. The van der Waals surface area contributed by atoms with Crippen molar-refractivity contribution in [3.8, 4) is 0 Å². The Hall–Kier alpha value is -1.72. The fourth-order valence-corrected chi connectivity index (χ4v) is 2.00. The maximum atomic E-state index is 12.5. The first-order valence-corrected chi connectivity index (χ1v) is 6.99. The summed E-state index contributed by atoms with van der Waals surface area (Å²) < 4.78 is 37.4. The number of nitrogens with zero attached hydrogens (tertiary/aromatic N) is 1. The summed E-state index contributed by atoms with van der Waals surface area (Å²) in [5, 5.41) is 3.18. The van der Waals surface area contributed by atoms with Crippen molar-refractivity contribution in [2.24, 2.45) is 0 Å². The van der Waals surface area contributed by atoms with E-state index in [0.29, 0.717) is 11.1 Å². The van der Waals surface area contributed by atoms with Crippen molar-refractivity contribution in [2.45, 2.75) is 33.4 Å². The van der Waals surface area contributed by atoms with Gasteiger partial charge in [-0.2, -0.15) is 13.2 Å². The zero-order chi connectivity index (χ0) is 16.0. The SMILES string of the molecule is CCCNc1ccc(C(=O)N(CC)CC(F)(F)F)c(C)c1. The molecule has 1 aromatic rings. The van der Waals surface area contributed by atoms with Gasteiger partial charge in [-0.05, 0) is 44.0 Å². The maximum absolute atomic E-state index is 12.5. The van der Waals surface area contributed by atoms with Crippen molar-refractivity contribution >= 4 is 11.6 Å². The van der Waals surface area contributed by atoms with Gasteiger partial charge in [0.1, 0.15) is 6.54 Å². The number of rotatable bonds is 6. The van der Waals surface area contributed by atoms with Crippen LogP contribution in [0.5, 0.6) is 0 Å². The molecule has 0 aliphatic carbocycles. The van der Waals surface area contributed by atoms with Gasteiger partial charge in [-0.3, -0.25) is 4.79 Å². The van der Waals surface area contributed by atoms with E-state index in [4.69, 9.17) is 0 Å². The van der Waals surface area contributed by atoms with Crippen LogP contribution in [0.1, 0.15) is 36.2 Å². The summed E-state index contributed by atoms with van der Waals surface area (Å²) in [5.74, 6) is -0.589. The van der Waals surface area contributed by atoms with Crippen molar-refractivity contribution in [1.82, 2.24) is 4.90 Å². The van der Waals surface area contributed by atoms with Gasteiger partial charge in [0.05, 0.1) is 0 Å². The molecule has 0 aliphatic rings. The zero-order valence-corrected chi connectivity index (χ0v) is 12.5. The Kier molecular flexibility index (Phi) is 6.05. The standard InChI is InChI=1S/C15H21F3N2O/c1-4-8-19-12-6-7-13(11(3)9-12)14(21)20(5-2)10-15(16,17)18/h6-7,9,19H,4-5,8,10H2,1-3H3. The van der Waals surface area contributed by atoms with E-state index in [1.807, 2.05) is 6.92 Å². The highest BCUT2D eigenvalue weighted by molar-refractivity contribution is 5.96. The number of anilines is 1. The van der Waals surface area contributed by atoms with E-state index in [2.05, 4.69) is 5.32 Å². The molecule has 1 N–H and O–H groups in total. The van der Waals surface area contributed by atoms with Gasteiger partial charge < -0.3 is 10.2 Å². The van der Waals surface area contributed by atoms with Crippen LogP contribution in [0.2, 0.25) is 0 Å². The third-order valence-electron chi connectivity index (χ3n) is 3.08. The summed E-state index contributed by atoms with van der Waals surface area (Å²) >= 11 is 0. The lowest BCUT2D eigenvalue weighted by atomic mass is 10.1. The number of halogens is 3. The van der Waals surface area contributed by atoms with Crippen LogP contribution >= 0.6 is 0 Å². The second-order valence-electron chi connectivity index (χ2n) is 4.89. The number of amides is 1. The van der Waals surface area contributed by atoms with E-state index in [1.165, 1.54) is 6.92 Å². The molecular formula is C15H21F3N2O. The summed E-state index contributed by atoms with van der Waals surface area (Å²) in [6.45, 7) is 4.91. The molecule has 3 nitrogen and oxygen atoms in total. The molecule has 0 aliphatic heterocycles. The molecule has 118 valence electrons. The van der Waals surface area contributed by atoms with Gasteiger partial charge in [0.15, 0.2) is 0 Å². The number of alkyl halides is 3. The molecule has 0 radical (unpaired) electrons. The summed E-state index contributed by atoms with van der Waals surface area (Å²) in [5.41, 5.74) is 1.84. The van der Waals surface area contributed by atoms with Crippen molar-refractivity contribution in [3.63, 3.8) is 0 Å². The normalized spacial score (nSPS) is 11.3. The number of hydrogen-bond donors (Lipinski definition) is 1. The first-order valence-electron chi connectivity index (χ1n) is 6.99. The minimum atomic E-state index is -4.39. The smallest absolute Gasteiger partial charge is 0.385 e. The molecule has 1 amide bonds. The van der Waals surface area contributed by atoms with Crippen LogP contribution in [0.15, 0.2) is 18.2 Å². The van der Waals surface area contributed by atoms with Crippen molar-refractivity contribution in [1.29, 1.82) is 0 Å². The molecule has 1 rings (SSSR count). The third-order valence-corrected chi connectivity index (χ3v) is 3.08. The van der Waals surface area contributed by atoms with Gasteiger partial charge in [-0.1, -0.05) is 6.92 Å². The van der Waals surface area contributed by atoms with Gasteiger partial charge in [-0.15, -0.1) is 0 Å². The Morgan fingerprint density at radius 2 is 1.95 bits per heavy atom. The largest absolute Gasteiger partial charge is 0.406 e.